The molecule has 0 aliphatic heterocycles. The number of Topliss-reactive ketones (excluding diaryl/α,β-unsaturated/α-hetero) is 2. The average Bonchev–Trinajstić information content (AvgIpc) is 2.76. The van der Waals surface area contributed by atoms with Crippen LogP contribution in [0.15, 0.2) is 48.5 Å². The van der Waals surface area contributed by atoms with Crippen LogP contribution in [0, 0.1) is 0 Å². The van der Waals surface area contributed by atoms with Crippen molar-refractivity contribution in [2.75, 3.05) is 20.8 Å². The molecule has 0 radical (unpaired) electrons. The van der Waals surface area contributed by atoms with Gasteiger partial charge in [-0.05, 0) is 42.3 Å². The Kier molecular flexibility index (Phi) is 6.70. The predicted molar refractivity (Wildman–Crippen MR) is 106 cm³/mol. The number of hydrogen-bond donors (Lipinski definition) is 1. The predicted octanol–water partition coefficient (Wildman–Crippen LogP) is 2.73. The van der Waals surface area contributed by atoms with Gasteiger partial charge >= 0.3 is 0 Å². The van der Waals surface area contributed by atoms with E-state index in [0.717, 1.165) is 21.8 Å². The zero-order valence-corrected chi connectivity index (χ0v) is 16.6. The molecule has 1 amide bonds. The first-order chi connectivity index (χ1) is 13.3. The fourth-order valence-corrected chi connectivity index (χ4v) is 3.01. The van der Waals surface area contributed by atoms with Crippen molar-refractivity contribution in [1.82, 2.24) is 4.90 Å². The molecule has 0 saturated heterocycles. The summed E-state index contributed by atoms with van der Waals surface area (Å²) in [5, 5.41) is 9.27. The number of ether oxygens (including phenoxy) is 1. The van der Waals surface area contributed by atoms with Crippen LogP contribution in [0.4, 0.5) is 0 Å². The average molecular weight is 383 g/mol. The molecule has 0 saturated carbocycles. The number of methoxy groups -OCH3 is 1. The van der Waals surface area contributed by atoms with Gasteiger partial charge in [0, 0.05) is 19.0 Å². The fourth-order valence-electron chi connectivity index (χ4n) is 3.01. The summed E-state index contributed by atoms with van der Waals surface area (Å²) in [6, 6.07) is 14.4. The van der Waals surface area contributed by atoms with E-state index in [9.17, 15) is 19.5 Å². The maximum Gasteiger partial charge on any atom is 0.254 e. The molecule has 0 unspecified atom stereocenters. The number of hydrogen-bond acceptors (Lipinski definition) is 5. The van der Waals surface area contributed by atoms with Crippen molar-refractivity contribution in [3.63, 3.8) is 0 Å². The molecule has 148 valence electrons. The first-order valence-corrected chi connectivity index (χ1v) is 8.99. The van der Waals surface area contributed by atoms with Crippen LogP contribution in [0.25, 0.3) is 11.1 Å². The smallest absolute Gasteiger partial charge is 0.254 e. The van der Waals surface area contributed by atoms with E-state index in [1.54, 1.807) is 38.3 Å². The van der Waals surface area contributed by atoms with E-state index < -0.39 is 29.6 Å². The Labute approximate surface area is 164 Å². The Balaban J connectivity index is 2.29. The largest absolute Gasteiger partial charge is 0.497 e. The maximum atomic E-state index is 12.9. The standard InChI is InChI=1S/C22H25NO5/c1-5-19(25)22(2,20(26)14-24)23(3)21(27)17-8-6-15(7-9-17)16-10-12-18(28-4)13-11-16/h6-13,24H,5,14H2,1-4H3/t22-/m0/s1. The highest BCUT2D eigenvalue weighted by molar-refractivity contribution is 6.15. The Morgan fingerprint density at radius 3 is 1.89 bits per heavy atom. The summed E-state index contributed by atoms with van der Waals surface area (Å²) >= 11 is 0. The van der Waals surface area contributed by atoms with E-state index >= 15 is 0 Å². The summed E-state index contributed by atoms with van der Waals surface area (Å²) in [5.74, 6) is -0.833. The van der Waals surface area contributed by atoms with Gasteiger partial charge in [-0.3, -0.25) is 14.4 Å². The number of aliphatic hydroxyl groups is 1. The van der Waals surface area contributed by atoms with Crippen LogP contribution < -0.4 is 4.74 Å². The highest BCUT2D eigenvalue weighted by Crippen LogP contribution is 2.25. The molecule has 0 aromatic heterocycles. The molecule has 0 spiro atoms. The van der Waals surface area contributed by atoms with E-state index in [4.69, 9.17) is 4.74 Å². The number of benzene rings is 2. The van der Waals surface area contributed by atoms with E-state index in [2.05, 4.69) is 0 Å². The van der Waals surface area contributed by atoms with E-state index in [0.29, 0.717) is 5.56 Å². The first-order valence-electron chi connectivity index (χ1n) is 8.99. The second-order valence-corrected chi connectivity index (χ2v) is 6.60. The molecule has 0 fully saturated rings. The second-order valence-electron chi connectivity index (χ2n) is 6.60. The molecule has 6 nitrogen and oxygen atoms in total. The number of carbonyl (C=O) groups excluding carboxylic acids is 3. The molecule has 1 atom stereocenters. The lowest BCUT2D eigenvalue weighted by atomic mass is 9.87. The summed E-state index contributed by atoms with van der Waals surface area (Å²) in [7, 11) is 3.01. The number of amides is 1. The van der Waals surface area contributed by atoms with Gasteiger partial charge in [0.05, 0.1) is 7.11 Å². The lowest BCUT2D eigenvalue weighted by molar-refractivity contribution is -0.141. The normalized spacial score (nSPS) is 12.8. The minimum atomic E-state index is -1.70. The van der Waals surface area contributed by atoms with Crippen LogP contribution >= 0.6 is 0 Å². The van der Waals surface area contributed by atoms with Crippen molar-refractivity contribution >= 4 is 17.5 Å². The molecule has 0 heterocycles. The van der Waals surface area contributed by atoms with Crippen LogP contribution in [0.5, 0.6) is 5.75 Å². The number of likely N-dealkylation sites (N-methyl/N-ethyl adjacent to an activating group) is 1. The van der Waals surface area contributed by atoms with Crippen LogP contribution in [-0.2, 0) is 9.59 Å². The Hall–Kier alpha value is -2.99. The lowest BCUT2D eigenvalue weighted by Gasteiger charge is -2.35. The number of ketones is 2. The van der Waals surface area contributed by atoms with Crippen molar-refractivity contribution in [1.29, 1.82) is 0 Å². The van der Waals surface area contributed by atoms with Crippen molar-refractivity contribution in [2.45, 2.75) is 25.8 Å². The van der Waals surface area contributed by atoms with Crippen LogP contribution in [0.1, 0.15) is 30.6 Å². The molecule has 2 rings (SSSR count). The second kappa shape index (κ2) is 8.80. The summed E-state index contributed by atoms with van der Waals surface area (Å²) in [6.07, 6.45) is 0.0796. The SMILES string of the molecule is CCC(=O)[C@@](C)(C(=O)CO)N(C)C(=O)c1ccc(-c2ccc(OC)cc2)cc1. The topological polar surface area (TPSA) is 83.9 Å². The lowest BCUT2D eigenvalue weighted by Crippen LogP contribution is -2.59. The summed E-state index contributed by atoms with van der Waals surface area (Å²) in [4.78, 5) is 38.6. The van der Waals surface area contributed by atoms with Gasteiger partial charge in [-0.15, -0.1) is 0 Å². The van der Waals surface area contributed by atoms with Crippen molar-refractivity contribution in [2.24, 2.45) is 0 Å². The van der Waals surface area contributed by atoms with E-state index in [1.807, 2.05) is 24.3 Å². The maximum absolute atomic E-state index is 12.9. The van der Waals surface area contributed by atoms with Crippen molar-refractivity contribution < 1.29 is 24.2 Å². The molecule has 1 N–H and O–H groups in total. The first kappa shape index (κ1) is 21.3. The number of nitrogens with zero attached hydrogens (tertiary/aromatic N) is 1. The molecule has 28 heavy (non-hydrogen) atoms. The third-order valence-corrected chi connectivity index (χ3v) is 5.08. The monoisotopic (exact) mass is 383 g/mol. The van der Waals surface area contributed by atoms with Gasteiger partial charge in [-0.2, -0.15) is 0 Å². The van der Waals surface area contributed by atoms with E-state index in [1.165, 1.54) is 14.0 Å². The minimum Gasteiger partial charge on any atom is -0.497 e. The van der Waals surface area contributed by atoms with E-state index in [-0.39, 0.29) is 6.42 Å². The Morgan fingerprint density at radius 2 is 1.46 bits per heavy atom. The molecular formula is C22H25NO5. The van der Waals surface area contributed by atoms with Gasteiger partial charge in [0.1, 0.15) is 12.4 Å². The van der Waals surface area contributed by atoms with Gasteiger partial charge < -0.3 is 14.7 Å². The Morgan fingerprint density at radius 1 is 0.964 bits per heavy atom. The zero-order valence-electron chi connectivity index (χ0n) is 16.6. The number of carbonyl (C=O) groups is 3. The van der Waals surface area contributed by atoms with Gasteiger partial charge in [0.25, 0.3) is 5.91 Å². The van der Waals surface area contributed by atoms with Crippen LogP contribution in [0.3, 0.4) is 0 Å². The summed E-state index contributed by atoms with van der Waals surface area (Å²) < 4.78 is 5.15. The van der Waals surface area contributed by atoms with Crippen LogP contribution in [0.2, 0.25) is 0 Å². The Bertz CT molecular complexity index is 840. The number of aliphatic hydroxyl groups excluding tert-OH is 1. The number of rotatable bonds is 8. The summed E-state index contributed by atoms with van der Waals surface area (Å²) in [5.41, 5.74) is 0.533. The van der Waals surface area contributed by atoms with Gasteiger partial charge in [-0.1, -0.05) is 31.2 Å². The third kappa shape index (κ3) is 3.97. The minimum absolute atomic E-state index is 0.0796. The third-order valence-electron chi connectivity index (χ3n) is 5.08. The molecule has 0 aliphatic rings. The van der Waals surface area contributed by atoms with Gasteiger partial charge in [0.15, 0.2) is 17.1 Å². The molecule has 6 heteroatoms. The van der Waals surface area contributed by atoms with Gasteiger partial charge in [-0.25, -0.2) is 0 Å². The van der Waals surface area contributed by atoms with Crippen molar-refractivity contribution in [3.05, 3.63) is 54.1 Å². The molecule has 2 aromatic rings. The fraction of sp³-hybridized carbons (Fsp3) is 0.318. The molecule has 0 aliphatic carbocycles. The molecule has 0 bridgehead atoms. The van der Waals surface area contributed by atoms with Crippen LogP contribution in [-0.4, -0.2) is 53.8 Å². The van der Waals surface area contributed by atoms with Crippen molar-refractivity contribution in [3.8, 4) is 16.9 Å². The highest BCUT2D eigenvalue weighted by atomic mass is 16.5. The highest BCUT2D eigenvalue weighted by Gasteiger charge is 2.45. The van der Waals surface area contributed by atoms with Gasteiger partial charge in [0.2, 0.25) is 0 Å². The quantitative estimate of drug-likeness (QED) is 0.709. The summed E-state index contributed by atoms with van der Waals surface area (Å²) in [6.45, 7) is 2.19. The molecular weight excluding hydrogens is 358 g/mol. The zero-order chi connectivity index (χ0) is 20.9. The molecule has 2 aromatic carbocycles.